The van der Waals surface area contributed by atoms with E-state index in [0.29, 0.717) is 12.5 Å². The Balaban J connectivity index is 4.23. The van der Waals surface area contributed by atoms with Crippen LogP contribution in [0.5, 0.6) is 0 Å². The van der Waals surface area contributed by atoms with Gasteiger partial charge in [0.05, 0.1) is 0 Å². The molecule has 5 heteroatoms. The van der Waals surface area contributed by atoms with Crippen LogP contribution < -0.4 is 0 Å². The SMILES string of the molecule is CC(C)CN(C(=O)OCC(=O)O)C(C)C. The van der Waals surface area contributed by atoms with E-state index in [-0.39, 0.29) is 6.04 Å². The number of rotatable bonds is 5. The van der Waals surface area contributed by atoms with Crippen molar-refractivity contribution in [2.24, 2.45) is 5.92 Å². The van der Waals surface area contributed by atoms with Gasteiger partial charge in [-0.3, -0.25) is 0 Å². The lowest BCUT2D eigenvalue weighted by atomic mass is 10.2. The average Bonchev–Trinajstić information content (AvgIpc) is 2.09. The summed E-state index contributed by atoms with van der Waals surface area (Å²) in [6.45, 7) is 7.69. The third-order valence-corrected chi connectivity index (χ3v) is 1.74. The lowest BCUT2D eigenvalue weighted by Gasteiger charge is -2.27. The van der Waals surface area contributed by atoms with Crippen LogP contribution in [-0.4, -0.2) is 41.3 Å². The second-order valence-electron chi connectivity index (χ2n) is 4.09. The van der Waals surface area contributed by atoms with E-state index in [4.69, 9.17) is 5.11 Å². The Kier molecular flexibility index (Phi) is 5.74. The van der Waals surface area contributed by atoms with Gasteiger partial charge in [-0.25, -0.2) is 9.59 Å². The van der Waals surface area contributed by atoms with E-state index in [2.05, 4.69) is 4.74 Å². The monoisotopic (exact) mass is 217 g/mol. The molecule has 0 spiro atoms. The molecule has 0 radical (unpaired) electrons. The molecule has 0 saturated carbocycles. The summed E-state index contributed by atoms with van der Waals surface area (Å²) >= 11 is 0. The van der Waals surface area contributed by atoms with Gasteiger partial charge in [-0.1, -0.05) is 13.8 Å². The highest BCUT2D eigenvalue weighted by Crippen LogP contribution is 2.06. The third-order valence-electron chi connectivity index (χ3n) is 1.74. The second-order valence-corrected chi connectivity index (χ2v) is 4.09. The number of hydrogen-bond donors (Lipinski definition) is 1. The number of carbonyl (C=O) groups excluding carboxylic acids is 1. The second kappa shape index (κ2) is 6.27. The molecule has 0 aromatic carbocycles. The molecule has 0 aliphatic carbocycles. The molecule has 0 bridgehead atoms. The maximum atomic E-state index is 11.5. The van der Waals surface area contributed by atoms with Gasteiger partial charge in [-0.15, -0.1) is 0 Å². The predicted molar refractivity (Wildman–Crippen MR) is 55.7 cm³/mol. The fraction of sp³-hybridized carbons (Fsp3) is 0.800. The zero-order chi connectivity index (χ0) is 12.0. The highest BCUT2D eigenvalue weighted by molar-refractivity contribution is 5.74. The van der Waals surface area contributed by atoms with Gasteiger partial charge in [0, 0.05) is 12.6 Å². The third kappa shape index (κ3) is 5.93. The zero-order valence-electron chi connectivity index (χ0n) is 9.69. The van der Waals surface area contributed by atoms with Crippen LogP contribution in [0.15, 0.2) is 0 Å². The van der Waals surface area contributed by atoms with Gasteiger partial charge >= 0.3 is 12.1 Å². The Labute approximate surface area is 90.0 Å². The van der Waals surface area contributed by atoms with E-state index >= 15 is 0 Å². The summed E-state index contributed by atoms with van der Waals surface area (Å²) in [4.78, 5) is 23.2. The summed E-state index contributed by atoms with van der Waals surface area (Å²) in [6, 6.07) is 0.00805. The maximum absolute atomic E-state index is 11.5. The summed E-state index contributed by atoms with van der Waals surface area (Å²) in [5, 5.41) is 8.37. The van der Waals surface area contributed by atoms with Crippen LogP contribution in [0.2, 0.25) is 0 Å². The number of carbonyl (C=O) groups is 2. The molecule has 0 unspecified atom stereocenters. The van der Waals surface area contributed by atoms with Crippen molar-refractivity contribution in [2.45, 2.75) is 33.7 Å². The van der Waals surface area contributed by atoms with Crippen LogP contribution in [0.3, 0.4) is 0 Å². The predicted octanol–water partition coefficient (Wildman–Crippen LogP) is 1.57. The molecule has 0 fully saturated rings. The number of aliphatic carboxylic acids is 1. The normalized spacial score (nSPS) is 10.5. The van der Waals surface area contributed by atoms with Crippen LogP contribution in [0.25, 0.3) is 0 Å². The molecule has 0 saturated heterocycles. The van der Waals surface area contributed by atoms with Crippen LogP contribution >= 0.6 is 0 Å². The molecule has 1 N–H and O–H groups in total. The number of nitrogens with zero attached hydrogens (tertiary/aromatic N) is 1. The summed E-state index contributed by atoms with van der Waals surface area (Å²) in [7, 11) is 0. The highest BCUT2D eigenvalue weighted by Gasteiger charge is 2.19. The van der Waals surface area contributed by atoms with Crippen molar-refractivity contribution in [1.82, 2.24) is 4.90 Å². The van der Waals surface area contributed by atoms with Crippen molar-refractivity contribution in [1.29, 1.82) is 0 Å². The van der Waals surface area contributed by atoms with Crippen LogP contribution in [0.1, 0.15) is 27.7 Å². The highest BCUT2D eigenvalue weighted by atomic mass is 16.6. The van der Waals surface area contributed by atoms with Crippen molar-refractivity contribution >= 4 is 12.1 Å². The van der Waals surface area contributed by atoms with Crippen LogP contribution in [0.4, 0.5) is 4.79 Å². The first-order chi connectivity index (χ1) is 6.84. The van der Waals surface area contributed by atoms with Gasteiger partial charge in [0.2, 0.25) is 0 Å². The number of hydrogen-bond acceptors (Lipinski definition) is 3. The summed E-state index contributed by atoms with van der Waals surface area (Å²) < 4.78 is 4.62. The molecule has 5 nitrogen and oxygen atoms in total. The zero-order valence-corrected chi connectivity index (χ0v) is 9.69. The van der Waals surface area contributed by atoms with Crippen LogP contribution in [-0.2, 0) is 9.53 Å². The molecule has 0 aromatic heterocycles. The van der Waals surface area contributed by atoms with Gasteiger partial charge in [-0.2, -0.15) is 0 Å². The Morgan fingerprint density at radius 2 is 1.80 bits per heavy atom. The number of amides is 1. The van der Waals surface area contributed by atoms with Gasteiger partial charge in [0.1, 0.15) is 0 Å². The number of carboxylic acid groups (broad SMARTS) is 1. The molecule has 15 heavy (non-hydrogen) atoms. The quantitative estimate of drug-likeness (QED) is 0.759. The Morgan fingerprint density at radius 3 is 2.13 bits per heavy atom. The summed E-state index contributed by atoms with van der Waals surface area (Å²) in [6.07, 6.45) is -0.568. The van der Waals surface area contributed by atoms with E-state index in [9.17, 15) is 9.59 Å². The van der Waals surface area contributed by atoms with Crippen molar-refractivity contribution in [3.63, 3.8) is 0 Å². The van der Waals surface area contributed by atoms with Gasteiger partial charge < -0.3 is 14.7 Å². The minimum absolute atomic E-state index is 0.00805. The lowest BCUT2D eigenvalue weighted by molar-refractivity contribution is -0.140. The Hall–Kier alpha value is -1.26. The molecule has 88 valence electrons. The topological polar surface area (TPSA) is 66.8 Å². The molecule has 0 aliphatic heterocycles. The number of ether oxygens (including phenoxy) is 1. The first kappa shape index (κ1) is 13.7. The Morgan fingerprint density at radius 1 is 1.27 bits per heavy atom. The lowest BCUT2D eigenvalue weighted by Crippen LogP contribution is -2.40. The smallest absolute Gasteiger partial charge is 0.410 e. The van der Waals surface area contributed by atoms with Crippen molar-refractivity contribution < 1.29 is 19.4 Å². The summed E-state index contributed by atoms with van der Waals surface area (Å²) in [5.41, 5.74) is 0. The first-order valence-corrected chi connectivity index (χ1v) is 4.99. The average molecular weight is 217 g/mol. The fourth-order valence-electron chi connectivity index (χ4n) is 1.10. The molecule has 0 atom stereocenters. The number of carboxylic acids is 1. The fourth-order valence-corrected chi connectivity index (χ4v) is 1.10. The van der Waals surface area contributed by atoms with Gasteiger partial charge in [0.25, 0.3) is 0 Å². The van der Waals surface area contributed by atoms with Crippen molar-refractivity contribution in [3.05, 3.63) is 0 Å². The Bertz CT molecular complexity index is 225. The van der Waals surface area contributed by atoms with Crippen LogP contribution in [0, 0.1) is 5.92 Å². The van der Waals surface area contributed by atoms with Crippen molar-refractivity contribution in [3.8, 4) is 0 Å². The van der Waals surface area contributed by atoms with Gasteiger partial charge in [-0.05, 0) is 19.8 Å². The van der Waals surface area contributed by atoms with Crippen molar-refractivity contribution in [2.75, 3.05) is 13.2 Å². The maximum Gasteiger partial charge on any atom is 0.410 e. The van der Waals surface area contributed by atoms with E-state index < -0.39 is 18.7 Å². The van der Waals surface area contributed by atoms with E-state index in [0.717, 1.165) is 0 Å². The van der Waals surface area contributed by atoms with E-state index in [1.165, 1.54) is 4.90 Å². The minimum atomic E-state index is -1.14. The standard InChI is InChI=1S/C10H19NO4/c1-7(2)5-11(8(3)4)10(14)15-6-9(12)13/h7-8H,5-6H2,1-4H3,(H,12,13). The molecule has 0 rings (SSSR count). The first-order valence-electron chi connectivity index (χ1n) is 4.99. The largest absolute Gasteiger partial charge is 0.479 e. The molecular formula is C10H19NO4. The van der Waals surface area contributed by atoms with Gasteiger partial charge in [0.15, 0.2) is 6.61 Å². The molecule has 0 heterocycles. The molecule has 0 aromatic rings. The molecule has 1 amide bonds. The van der Waals surface area contributed by atoms with E-state index in [1.807, 2.05) is 27.7 Å². The minimum Gasteiger partial charge on any atom is -0.479 e. The summed E-state index contributed by atoms with van der Waals surface area (Å²) in [5.74, 6) is -0.818. The molecular weight excluding hydrogens is 198 g/mol. The molecule has 0 aliphatic rings. The van der Waals surface area contributed by atoms with E-state index in [1.54, 1.807) is 0 Å².